The molecule has 1 N–H and O–H groups in total. The number of hydrogen-bond acceptors (Lipinski definition) is 4. The summed E-state index contributed by atoms with van der Waals surface area (Å²) in [6, 6.07) is 0.492. The van der Waals surface area contributed by atoms with Crippen LogP contribution in [-0.2, 0) is 9.53 Å². The normalized spacial score (nSPS) is 19.9. The van der Waals surface area contributed by atoms with E-state index in [1.165, 1.54) is 7.11 Å². The fourth-order valence-electron chi connectivity index (χ4n) is 1.84. The van der Waals surface area contributed by atoms with Gasteiger partial charge in [-0.2, -0.15) is 0 Å². The van der Waals surface area contributed by atoms with E-state index in [2.05, 4.69) is 30.5 Å². The van der Waals surface area contributed by atoms with Crippen molar-refractivity contribution in [1.29, 1.82) is 0 Å². The number of aliphatic hydroxyl groups excluding tert-OH is 1. The molecule has 0 radical (unpaired) electrons. The number of esters is 1. The maximum absolute atomic E-state index is 11.3. The zero-order chi connectivity index (χ0) is 12.3. The molecule has 1 aliphatic carbocycles. The molecule has 0 aromatic rings. The summed E-state index contributed by atoms with van der Waals surface area (Å²) in [5.74, 6) is -0.496. The van der Waals surface area contributed by atoms with E-state index in [4.69, 9.17) is 0 Å². The quantitative estimate of drug-likeness (QED) is 0.691. The van der Waals surface area contributed by atoms with Crippen molar-refractivity contribution in [2.45, 2.75) is 45.3 Å². The smallest absolute Gasteiger partial charge is 0.335 e. The second-order valence-electron chi connectivity index (χ2n) is 5.11. The molecule has 0 amide bonds. The highest BCUT2D eigenvalue weighted by Gasteiger charge is 2.52. The molecule has 4 heteroatoms. The predicted octanol–water partition coefficient (Wildman–Crippen LogP) is 1.03. The highest BCUT2D eigenvalue weighted by Crippen LogP contribution is 2.52. The van der Waals surface area contributed by atoms with Gasteiger partial charge in [0.25, 0.3) is 0 Å². The third-order valence-corrected chi connectivity index (χ3v) is 3.74. The van der Waals surface area contributed by atoms with E-state index in [0.717, 1.165) is 25.8 Å². The van der Waals surface area contributed by atoms with Crippen LogP contribution in [0.4, 0.5) is 0 Å². The summed E-state index contributed by atoms with van der Waals surface area (Å²) in [6.45, 7) is 5.18. The Kier molecular flexibility index (Phi) is 4.33. The van der Waals surface area contributed by atoms with Crippen LogP contribution in [-0.4, -0.2) is 48.8 Å². The van der Waals surface area contributed by atoms with Gasteiger partial charge in [0.05, 0.1) is 7.11 Å². The maximum atomic E-state index is 11.3. The molecule has 1 rings (SSSR count). The fourth-order valence-corrected chi connectivity index (χ4v) is 1.84. The molecule has 1 unspecified atom stereocenters. The summed E-state index contributed by atoms with van der Waals surface area (Å²) in [6.07, 6.45) is 1.76. The molecular formula is C12H23NO3. The van der Waals surface area contributed by atoms with Gasteiger partial charge in [-0.1, -0.05) is 0 Å². The van der Waals surface area contributed by atoms with E-state index in [1.807, 2.05) is 0 Å². The van der Waals surface area contributed by atoms with Crippen LogP contribution in [0.1, 0.15) is 33.1 Å². The van der Waals surface area contributed by atoms with Crippen molar-refractivity contribution in [2.75, 3.05) is 20.7 Å². The van der Waals surface area contributed by atoms with Crippen molar-refractivity contribution >= 4 is 5.97 Å². The summed E-state index contributed by atoms with van der Waals surface area (Å²) in [5.41, 5.74) is -0.212. The second-order valence-corrected chi connectivity index (χ2v) is 5.11. The molecule has 0 aromatic heterocycles. The number of aliphatic hydroxyl groups is 1. The molecule has 94 valence electrons. The van der Waals surface area contributed by atoms with Gasteiger partial charge in [-0.05, 0) is 46.7 Å². The lowest BCUT2D eigenvalue weighted by Gasteiger charge is -2.26. The first-order valence-electron chi connectivity index (χ1n) is 5.89. The molecule has 0 aliphatic heterocycles. The lowest BCUT2D eigenvalue weighted by Crippen LogP contribution is -2.36. The average molecular weight is 229 g/mol. The van der Waals surface area contributed by atoms with Crippen LogP contribution in [0.3, 0.4) is 0 Å². The molecule has 0 bridgehead atoms. The molecule has 1 fully saturated rings. The van der Waals surface area contributed by atoms with Crippen LogP contribution in [0.5, 0.6) is 0 Å². The molecule has 4 nitrogen and oxygen atoms in total. The van der Waals surface area contributed by atoms with Gasteiger partial charge in [-0.15, -0.1) is 0 Å². The van der Waals surface area contributed by atoms with Crippen molar-refractivity contribution in [3.8, 4) is 0 Å². The van der Waals surface area contributed by atoms with Gasteiger partial charge < -0.3 is 14.7 Å². The van der Waals surface area contributed by atoms with Gasteiger partial charge in [0.15, 0.2) is 6.10 Å². The molecular weight excluding hydrogens is 206 g/mol. The Morgan fingerprint density at radius 2 is 2.06 bits per heavy atom. The minimum Gasteiger partial charge on any atom is -0.467 e. The Hall–Kier alpha value is -0.610. The second kappa shape index (κ2) is 5.15. The van der Waals surface area contributed by atoms with Gasteiger partial charge in [0.2, 0.25) is 0 Å². The lowest BCUT2D eigenvalue weighted by atomic mass is 9.94. The Morgan fingerprint density at radius 3 is 2.44 bits per heavy atom. The standard InChI is InChI=1S/C12H23NO3/c1-9(2)13(3)8-7-12(5-6-12)10(14)11(15)16-4/h9-10,14H,5-8H2,1-4H3. The van der Waals surface area contributed by atoms with Crippen molar-refractivity contribution in [1.82, 2.24) is 4.90 Å². The molecule has 16 heavy (non-hydrogen) atoms. The van der Waals surface area contributed by atoms with E-state index in [0.29, 0.717) is 6.04 Å². The molecule has 1 saturated carbocycles. The number of nitrogens with zero attached hydrogens (tertiary/aromatic N) is 1. The largest absolute Gasteiger partial charge is 0.467 e. The van der Waals surface area contributed by atoms with E-state index in [9.17, 15) is 9.90 Å². The van der Waals surface area contributed by atoms with Gasteiger partial charge in [0.1, 0.15) is 0 Å². The van der Waals surface area contributed by atoms with Crippen LogP contribution in [0.15, 0.2) is 0 Å². The van der Waals surface area contributed by atoms with Crippen molar-refractivity contribution in [3.63, 3.8) is 0 Å². The van der Waals surface area contributed by atoms with Gasteiger partial charge in [-0.3, -0.25) is 0 Å². The first-order chi connectivity index (χ1) is 7.43. The van der Waals surface area contributed by atoms with Crippen molar-refractivity contribution in [2.24, 2.45) is 5.41 Å². The Bertz CT molecular complexity index is 249. The highest BCUT2D eigenvalue weighted by molar-refractivity contribution is 5.75. The van der Waals surface area contributed by atoms with E-state index >= 15 is 0 Å². The summed E-state index contributed by atoms with van der Waals surface area (Å²) in [7, 11) is 3.38. The number of hydrogen-bond donors (Lipinski definition) is 1. The van der Waals surface area contributed by atoms with Crippen molar-refractivity contribution < 1.29 is 14.6 Å². The zero-order valence-corrected chi connectivity index (χ0v) is 10.7. The highest BCUT2D eigenvalue weighted by atomic mass is 16.5. The zero-order valence-electron chi connectivity index (χ0n) is 10.7. The van der Waals surface area contributed by atoms with Crippen LogP contribution in [0, 0.1) is 5.41 Å². The topological polar surface area (TPSA) is 49.8 Å². The summed E-state index contributed by atoms with van der Waals surface area (Å²) >= 11 is 0. The molecule has 0 spiro atoms. The van der Waals surface area contributed by atoms with Gasteiger partial charge in [-0.25, -0.2) is 4.79 Å². The first kappa shape index (κ1) is 13.5. The monoisotopic (exact) mass is 229 g/mol. The van der Waals surface area contributed by atoms with E-state index in [1.54, 1.807) is 0 Å². The van der Waals surface area contributed by atoms with Crippen molar-refractivity contribution in [3.05, 3.63) is 0 Å². The van der Waals surface area contributed by atoms with Crippen LogP contribution in [0.2, 0.25) is 0 Å². The minimum atomic E-state index is -0.946. The summed E-state index contributed by atoms with van der Waals surface area (Å²) in [4.78, 5) is 13.5. The minimum absolute atomic E-state index is 0.212. The lowest BCUT2D eigenvalue weighted by molar-refractivity contribution is -0.154. The van der Waals surface area contributed by atoms with Crippen LogP contribution < -0.4 is 0 Å². The average Bonchev–Trinajstić information content (AvgIpc) is 3.04. The van der Waals surface area contributed by atoms with E-state index < -0.39 is 12.1 Å². The third kappa shape index (κ3) is 2.95. The summed E-state index contributed by atoms with van der Waals surface area (Å²) < 4.78 is 4.59. The SMILES string of the molecule is COC(=O)C(O)C1(CCN(C)C(C)C)CC1. The number of ether oxygens (including phenoxy) is 1. The Balaban J connectivity index is 2.44. The number of methoxy groups -OCH3 is 1. The maximum Gasteiger partial charge on any atom is 0.335 e. The molecule has 0 saturated heterocycles. The van der Waals surface area contributed by atoms with E-state index in [-0.39, 0.29) is 5.41 Å². The van der Waals surface area contributed by atoms with Crippen LogP contribution >= 0.6 is 0 Å². The molecule has 1 aliphatic rings. The van der Waals surface area contributed by atoms with Gasteiger partial charge in [0, 0.05) is 11.5 Å². The molecule has 1 atom stereocenters. The molecule has 0 aromatic carbocycles. The van der Waals surface area contributed by atoms with Gasteiger partial charge >= 0.3 is 5.97 Å². The number of rotatable bonds is 6. The Labute approximate surface area is 97.6 Å². The van der Waals surface area contributed by atoms with Crippen LogP contribution in [0.25, 0.3) is 0 Å². The number of carbonyl (C=O) groups is 1. The fraction of sp³-hybridized carbons (Fsp3) is 0.917. The Morgan fingerprint density at radius 1 is 1.50 bits per heavy atom. The number of carbonyl (C=O) groups excluding carboxylic acids is 1. The molecule has 0 heterocycles. The first-order valence-corrected chi connectivity index (χ1v) is 5.89. The third-order valence-electron chi connectivity index (χ3n) is 3.74. The summed E-state index contributed by atoms with van der Waals surface area (Å²) in [5, 5.41) is 9.87. The predicted molar refractivity (Wildman–Crippen MR) is 62.1 cm³/mol.